The molecule has 0 atom stereocenters. The van der Waals surface area contributed by atoms with Crippen LogP contribution in [0.15, 0.2) is 30.6 Å². The number of aryl methyl sites for hydroxylation is 1. The molecule has 0 saturated carbocycles. The molecule has 0 unspecified atom stereocenters. The second-order valence-electron chi connectivity index (χ2n) is 3.75. The van der Waals surface area contributed by atoms with Gasteiger partial charge in [0.15, 0.2) is 0 Å². The van der Waals surface area contributed by atoms with Gasteiger partial charge < -0.3 is 5.32 Å². The molecule has 1 aromatic heterocycles. The number of nitrogens with one attached hydrogen (secondary N) is 1. The predicted molar refractivity (Wildman–Crippen MR) is 66.4 cm³/mol. The third-order valence-electron chi connectivity index (χ3n) is 2.43. The van der Waals surface area contributed by atoms with Gasteiger partial charge in [0, 0.05) is 35.9 Å². The van der Waals surface area contributed by atoms with Crippen LogP contribution < -0.4 is 5.32 Å². The van der Waals surface area contributed by atoms with Crippen molar-refractivity contribution in [3.05, 3.63) is 41.2 Å². The molecular formula is C12H14ClN3. The van der Waals surface area contributed by atoms with Crippen molar-refractivity contribution in [1.29, 1.82) is 0 Å². The van der Waals surface area contributed by atoms with Crippen LogP contribution in [0.25, 0.3) is 11.1 Å². The summed E-state index contributed by atoms with van der Waals surface area (Å²) in [7, 11) is 3.82. The van der Waals surface area contributed by atoms with Crippen molar-refractivity contribution < 1.29 is 0 Å². The third kappa shape index (κ3) is 2.26. The molecule has 0 aliphatic rings. The minimum absolute atomic E-state index is 0.765. The molecule has 0 saturated heterocycles. The molecule has 0 amide bonds. The van der Waals surface area contributed by atoms with E-state index in [1.807, 2.05) is 38.6 Å². The second kappa shape index (κ2) is 4.68. The Labute approximate surface area is 100 Å². The van der Waals surface area contributed by atoms with Gasteiger partial charge in [-0.25, -0.2) is 0 Å². The van der Waals surface area contributed by atoms with Crippen LogP contribution >= 0.6 is 11.6 Å². The number of hydrogen-bond donors (Lipinski definition) is 1. The highest BCUT2D eigenvalue weighted by molar-refractivity contribution is 6.33. The number of aromatic nitrogens is 2. The molecule has 16 heavy (non-hydrogen) atoms. The molecule has 0 aliphatic carbocycles. The van der Waals surface area contributed by atoms with Gasteiger partial charge in [-0.15, -0.1) is 0 Å². The fourth-order valence-corrected chi connectivity index (χ4v) is 1.98. The summed E-state index contributed by atoms with van der Waals surface area (Å²) in [4.78, 5) is 0. The molecule has 0 radical (unpaired) electrons. The van der Waals surface area contributed by atoms with Crippen molar-refractivity contribution in [2.45, 2.75) is 6.54 Å². The van der Waals surface area contributed by atoms with Crippen molar-refractivity contribution in [2.24, 2.45) is 7.05 Å². The lowest BCUT2D eigenvalue weighted by Crippen LogP contribution is -2.04. The van der Waals surface area contributed by atoms with E-state index in [9.17, 15) is 0 Å². The zero-order chi connectivity index (χ0) is 11.5. The monoisotopic (exact) mass is 235 g/mol. The molecule has 0 spiro atoms. The quantitative estimate of drug-likeness (QED) is 0.886. The summed E-state index contributed by atoms with van der Waals surface area (Å²) in [6.07, 6.45) is 3.78. The van der Waals surface area contributed by atoms with E-state index in [0.29, 0.717) is 0 Å². The van der Waals surface area contributed by atoms with E-state index in [1.54, 1.807) is 4.68 Å². The highest BCUT2D eigenvalue weighted by atomic mass is 35.5. The molecule has 1 N–H and O–H groups in total. The molecular weight excluding hydrogens is 222 g/mol. The Morgan fingerprint density at radius 3 is 2.81 bits per heavy atom. The van der Waals surface area contributed by atoms with Crippen molar-refractivity contribution in [3.63, 3.8) is 0 Å². The lowest BCUT2D eigenvalue weighted by Gasteiger charge is -2.05. The van der Waals surface area contributed by atoms with E-state index in [1.165, 1.54) is 5.56 Å². The SMILES string of the molecule is CNCc1ccc(-c2cnn(C)c2)c(Cl)c1. The third-order valence-corrected chi connectivity index (χ3v) is 2.74. The van der Waals surface area contributed by atoms with Crippen LogP contribution in [0, 0.1) is 0 Å². The summed E-state index contributed by atoms with van der Waals surface area (Å²) < 4.78 is 1.77. The highest BCUT2D eigenvalue weighted by Gasteiger charge is 2.06. The largest absolute Gasteiger partial charge is 0.316 e. The Hall–Kier alpha value is -1.32. The van der Waals surface area contributed by atoms with Crippen LogP contribution in [0.3, 0.4) is 0 Å². The van der Waals surface area contributed by atoms with Gasteiger partial charge >= 0.3 is 0 Å². The lowest BCUT2D eigenvalue weighted by atomic mass is 10.1. The maximum Gasteiger partial charge on any atom is 0.0568 e. The predicted octanol–water partition coefficient (Wildman–Crippen LogP) is 2.46. The first-order valence-corrected chi connectivity index (χ1v) is 5.50. The Bertz CT molecular complexity index is 491. The number of benzene rings is 1. The summed E-state index contributed by atoms with van der Waals surface area (Å²) >= 11 is 6.24. The molecule has 0 bridgehead atoms. The van der Waals surface area contributed by atoms with E-state index in [2.05, 4.69) is 16.5 Å². The molecule has 3 nitrogen and oxygen atoms in total. The van der Waals surface area contributed by atoms with Crippen LogP contribution in [-0.4, -0.2) is 16.8 Å². The summed E-state index contributed by atoms with van der Waals surface area (Å²) in [5.41, 5.74) is 3.25. The smallest absolute Gasteiger partial charge is 0.0568 e. The van der Waals surface area contributed by atoms with Gasteiger partial charge in [-0.05, 0) is 18.7 Å². The van der Waals surface area contributed by atoms with Gasteiger partial charge in [0.2, 0.25) is 0 Å². The molecule has 1 heterocycles. The van der Waals surface area contributed by atoms with Gasteiger partial charge in [-0.3, -0.25) is 4.68 Å². The van der Waals surface area contributed by atoms with Crippen molar-refractivity contribution in [1.82, 2.24) is 15.1 Å². The topological polar surface area (TPSA) is 29.9 Å². The molecule has 0 aliphatic heterocycles. The van der Waals surface area contributed by atoms with E-state index < -0.39 is 0 Å². The van der Waals surface area contributed by atoms with Crippen LogP contribution in [0.2, 0.25) is 5.02 Å². The average molecular weight is 236 g/mol. The number of hydrogen-bond acceptors (Lipinski definition) is 2. The molecule has 2 aromatic rings. The first-order valence-electron chi connectivity index (χ1n) is 5.13. The molecule has 2 rings (SSSR count). The van der Waals surface area contributed by atoms with Crippen LogP contribution in [0.5, 0.6) is 0 Å². The lowest BCUT2D eigenvalue weighted by molar-refractivity contribution is 0.768. The van der Waals surface area contributed by atoms with E-state index in [0.717, 1.165) is 22.7 Å². The van der Waals surface area contributed by atoms with Crippen LogP contribution in [-0.2, 0) is 13.6 Å². The van der Waals surface area contributed by atoms with Gasteiger partial charge in [0.25, 0.3) is 0 Å². The maximum atomic E-state index is 6.24. The zero-order valence-electron chi connectivity index (χ0n) is 9.37. The van der Waals surface area contributed by atoms with Gasteiger partial charge in [-0.1, -0.05) is 23.7 Å². The van der Waals surface area contributed by atoms with Gasteiger partial charge in [-0.2, -0.15) is 5.10 Å². The molecule has 0 fully saturated rings. The number of halogens is 1. The maximum absolute atomic E-state index is 6.24. The molecule has 4 heteroatoms. The Morgan fingerprint density at radius 2 is 2.25 bits per heavy atom. The number of rotatable bonds is 3. The minimum atomic E-state index is 0.765. The van der Waals surface area contributed by atoms with Crippen LogP contribution in [0.4, 0.5) is 0 Å². The Kier molecular flexibility index (Phi) is 3.27. The summed E-state index contributed by atoms with van der Waals surface area (Å²) in [6, 6.07) is 6.09. The highest BCUT2D eigenvalue weighted by Crippen LogP contribution is 2.28. The first-order chi connectivity index (χ1) is 7.70. The Morgan fingerprint density at radius 1 is 1.44 bits per heavy atom. The first kappa shape index (κ1) is 11.2. The zero-order valence-corrected chi connectivity index (χ0v) is 10.1. The number of nitrogens with zero attached hydrogens (tertiary/aromatic N) is 2. The minimum Gasteiger partial charge on any atom is -0.316 e. The van der Waals surface area contributed by atoms with E-state index >= 15 is 0 Å². The van der Waals surface area contributed by atoms with Crippen LogP contribution in [0.1, 0.15) is 5.56 Å². The van der Waals surface area contributed by atoms with Gasteiger partial charge in [0.05, 0.1) is 6.20 Å². The second-order valence-corrected chi connectivity index (χ2v) is 4.15. The summed E-state index contributed by atoms with van der Waals surface area (Å²) in [5.74, 6) is 0. The van der Waals surface area contributed by atoms with Gasteiger partial charge in [0.1, 0.15) is 0 Å². The van der Waals surface area contributed by atoms with Crippen molar-refractivity contribution in [2.75, 3.05) is 7.05 Å². The Balaban J connectivity index is 2.36. The molecule has 1 aromatic carbocycles. The normalized spacial score (nSPS) is 10.7. The summed E-state index contributed by atoms with van der Waals surface area (Å²) in [5, 5.41) is 8.00. The summed E-state index contributed by atoms with van der Waals surface area (Å²) in [6.45, 7) is 0.826. The molecule has 84 valence electrons. The average Bonchev–Trinajstić information content (AvgIpc) is 2.65. The van der Waals surface area contributed by atoms with Crippen molar-refractivity contribution >= 4 is 11.6 Å². The fourth-order valence-electron chi connectivity index (χ4n) is 1.67. The van der Waals surface area contributed by atoms with E-state index in [-0.39, 0.29) is 0 Å². The fraction of sp³-hybridized carbons (Fsp3) is 0.250. The van der Waals surface area contributed by atoms with Crippen molar-refractivity contribution in [3.8, 4) is 11.1 Å². The standard InChI is InChI=1S/C12H14ClN3/c1-14-6-9-3-4-11(12(13)5-9)10-7-15-16(2)8-10/h3-5,7-8,14H,6H2,1-2H3. The van der Waals surface area contributed by atoms with E-state index in [4.69, 9.17) is 11.6 Å².